The van der Waals surface area contributed by atoms with Gasteiger partial charge in [0.1, 0.15) is 0 Å². The van der Waals surface area contributed by atoms with Crippen molar-refractivity contribution in [3.63, 3.8) is 0 Å². The van der Waals surface area contributed by atoms with E-state index in [2.05, 4.69) is 67.5 Å². The molecule has 44 heavy (non-hydrogen) atoms. The minimum Gasteiger partial charge on any atom is -0.421 e. The van der Waals surface area contributed by atoms with E-state index in [0.717, 1.165) is 15.4 Å². The number of halogens is 6. The Balaban J connectivity index is 0.000000363. The zero-order valence-electron chi connectivity index (χ0n) is 24.2. The molecule has 0 aromatic heterocycles. The van der Waals surface area contributed by atoms with Gasteiger partial charge in [0.25, 0.3) is 0 Å². The predicted octanol–water partition coefficient (Wildman–Crippen LogP) is 8.25. The fourth-order valence-electron chi connectivity index (χ4n) is 5.64. The summed E-state index contributed by atoms with van der Waals surface area (Å²) >= 11 is 0. The molecule has 0 amide bonds. The summed E-state index contributed by atoms with van der Waals surface area (Å²) in [5, 5.41) is 1.70. The number of benzene rings is 2. The summed E-state index contributed by atoms with van der Waals surface area (Å²) in [6, 6.07) is 18.4. The Kier molecular flexibility index (Phi) is 14.3. The average molecular weight is 871 g/mol. The fraction of sp³-hybridized carbons (Fsp3) is 0.571. The molecule has 0 aliphatic heterocycles. The summed E-state index contributed by atoms with van der Waals surface area (Å²) in [4.78, 5) is 2.27. The number of anilines is 1. The Morgan fingerprint density at radius 3 is 1.45 bits per heavy atom. The summed E-state index contributed by atoms with van der Waals surface area (Å²) in [7, 11) is -9.18. The first-order valence-electron chi connectivity index (χ1n) is 14.0. The first-order valence-corrected chi connectivity index (χ1v) is 18.3. The van der Waals surface area contributed by atoms with E-state index in [1.165, 1.54) is 81.0 Å². The van der Waals surface area contributed by atoms with Gasteiger partial charge in [-0.15, -0.1) is 0 Å². The van der Waals surface area contributed by atoms with Crippen molar-refractivity contribution >= 4 is 39.0 Å². The summed E-state index contributed by atoms with van der Waals surface area (Å²) in [6.07, 6.45) is 14.6. The van der Waals surface area contributed by atoms with Crippen LogP contribution in [0.25, 0.3) is 15.3 Å². The summed E-state index contributed by atoms with van der Waals surface area (Å²) in [5.41, 5.74) is -6.25. The van der Waals surface area contributed by atoms with Crippen molar-refractivity contribution in [2.75, 3.05) is 19.0 Å². The van der Waals surface area contributed by atoms with E-state index in [4.69, 9.17) is 0 Å². The van der Waals surface area contributed by atoms with Gasteiger partial charge in [0.15, 0.2) is 20.0 Å². The number of hydrogen-bond donors (Lipinski definition) is 0. The second kappa shape index (κ2) is 16.1. The van der Waals surface area contributed by atoms with Gasteiger partial charge >= 0.3 is 33.4 Å². The molecule has 0 unspecified atom stereocenters. The third kappa shape index (κ3) is 9.92. The number of para-hydroxylation sites is 1. The Morgan fingerprint density at radius 2 is 1.05 bits per heavy atom. The molecule has 0 bridgehead atoms. The van der Waals surface area contributed by atoms with Crippen LogP contribution in [0.3, 0.4) is 0 Å². The minimum atomic E-state index is -6.72. The first kappa shape index (κ1) is 39.0. The van der Waals surface area contributed by atoms with Crippen LogP contribution in [0.2, 0.25) is 0 Å². The van der Waals surface area contributed by atoms with Gasteiger partial charge in [-0.1, -0.05) is 88.9 Å². The van der Waals surface area contributed by atoms with Crippen molar-refractivity contribution in [2.24, 2.45) is 0 Å². The molecule has 0 saturated heterocycles. The van der Waals surface area contributed by atoms with Crippen molar-refractivity contribution in [1.29, 1.82) is 0 Å². The summed E-state index contributed by atoms with van der Waals surface area (Å²) < 4.78 is 109. The van der Waals surface area contributed by atoms with E-state index >= 15 is 0 Å². The topological polar surface area (TPSA) is 85.6 Å². The number of sulfonamides is 2. The molecule has 2 aromatic carbocycles. The normalized spacial score (nSPS) is 17.4. The van der Waals surface area contributed by atoms with Crippen molar-refractivity contribution in [1.82, 2.24) is 0 Å². The minimum absolute atomic E-state index is 0. The Labute approximate surface area is 272 Å². The van der Waals surface area contributed by atoms with E-state index in [1.54, 1.807) is 5.30 Å². The van der Waals surface area contributed by atoms with E-state index < -0.39 is 31.1 Å². The number of hydrogen-bond acceptors (Lipinski definition) is 5. The van der Waals surface area contributed by atoms with Gasteiger partial charge in [0, 0.05) is 25.3 Å². The molecule has 0 radical (unpaired) electrons. The van der Waals surface area contributed by atoms with Gasteiger partial charge in [-0.2, -0.15) is 26.3 Å². The number of rotatable bonds is 7. The van der Waals surface area contributed by atoms with Gasteiger partial charge < -0.3 is 9.03 Å². The maximum Gasteiger partial charge on any atom is 1.00 e. The molecule has 252 valence electrons. The third-order valence-corrected chi connectivity index (χ3v) is 13.9. The van der Waals surface area contributed by atoms with Crippen LogP contribution in [0, 0.1) is 0 Å². The zero-order valence-corrected chi connectivity index (χ0v) is 28.9. The molecule has 6 nitrogen and oxygen atoms in total. The molecule has 2 fully saturated rings. The molecule has 0 N–H and O–H groups in total. The van der Waals surface area contributed by atoms with Crippen LogP contribution in [0.4, 0.5) is 32.0 Å². The molecule has 2 saturated carbocycles. The molecule has 16 heteroatoms. The van der Waals surface area contributed by atoms with Crippen molar-refractivity contribution < 1.29 is 65.6 Å². The second-order valence-electron chi connectivity index (χ2n) is 10.8. The quantitative estimate of drug-likeness (QED) is 0.159. The third-order valence-electron chi connectivity index (χ3n) is 7.58. The molecule has 2 aromatic rings. The molecule has 2 aliphatic rings. The molecule has 0 spiro atoms. The zero-order chi connectivity index (χ0) is 32.1. The average Bonchev–Trinajstić information content (AvgIpc) is 2.93. The molecular formula is C28H36AuF6N2O4PS2. The van der Waals surface area contributed by atoms with Crippen LogP contribution in [-0.4, -0.2) is 53.3 Å². The molecule has 0 heterocycles. The molecular weight excluding hydrogens is 834 g/mol. The van der Waals surface area contributed by atoms with Crippen LogP contribution < -0.4 is 10.2 Å². The Bertz CT molecular complexity index is 1370. The number of nitrogens with zero attached hydrogens (tertiary/aromatic N) is 2. The van der Waals surface area contributed by atoms with E-state index in [-0.39, 0.29) is 30.3 Å². The smallest absolute Gasteiger partial charge is 0.421 e. The standard InChI is InChI=1S/C26H36NP.C2F6NO4S2.Au/c1-27(2)25-19-11-9-17-23(25)24-18-10-12-20-26(24)28(21-13-5-3-6-14-21)22-15-7-4-8-16-22;3-1(4,5)14(10,11)9-15(12,13)2(6,7)8;/h9-12,17-22H,3-8,13-16H2,1-2H3;;/q;-1;+1. The van der Waals surface area contributed by atoms with Crippen LogP contribution in [0.15, 0.2) is 48.5 Å². The van der Waals surface area contributed by atoms with E-state index in [0.29, 0.717) is 0 Å². The van der Waals surface area contributed by atoms with Crippen molar-refractivity contribution in [2.45, 2.75) is 86.5 Å². The Morgan fingerprint density at radius 1 is 0.659 bits per heavy atom. The maximum atomic E-state index is 11.4. The number of alkyl halides is 6. The van der Waals surface area contributed by atoms with Gasteiger partial charge in [0.05, 0.1) is 0 Å². The van der Waals surface area contributed by atoms with Crippen LogP contribution in [-0.2, 0) is 42.4 Å². The van der Waals surface area contributed by atoms with Gasteiger partial charge in [-0.05, 0) is 53.9 Å². The second-order valence-corrected chi connectivity index (χ2v) is 17.0. The first-order chi connectivity index (χ1) is 20.0. The van der Waals surface area contributed by atoms with Crippen LogP contribution in [0.5, 0.6) is 0 Å². The Hall–Kier alpha value is -1.15. The monoisotopic (exact) mass is 870 g/mol. The largest absolute Gasteiger partial charge is 1.00 e. The van der Waals surface area contributed by atoms with Gasteiger partial charge in [0.2, 0.25) is 0 Å². The predicted molar refractivity (Wildman–Crippen MR) is 160 cm³/mol. The summed E-state index contributed by atoms with van der Waals surface area (Å²) in [6.45, 7) is 0. The SMILES string of the molecule is CN(C)c1ccccc1-c1ccccc1P(C1CCCCC1)C1CCCCC1.O=S(=O)([N-]S(=O)(=O)C(F)(F)F)C(F)(F)F.[Au+]. The maximum absolute atomic E-state index is 11.4. The molecule has 2 aliphatic carbocycles. The fourth-order valence-corrected chi connectivity index (χ4v) is 11.3. The summed E-state index contributed by atoms with van der Waals surface area (Å²) in [5.74, 6) is 0. The van der Waals surface area contributed by atoms with Gasteiger partial charge in [-0.25, -0.2) is 16.8 Å². The van der Waals surface area contributed by atoms with Crippen molar-refractivity contribution in [3.05, 3.63) is 52.7 Å². The van der Waals surface area contributed by atoms with E-state index in [1.807, 2.05) is 0 Å². The van der Waals surface area contributed by atoms with Crippen LogP contribution in [0.1, 0.15) is 64.2 Å². The van der Waals surface area contributed by atoms with Crippen molar-refractivity contribution in [3.8, 4) is 11.1 Å². The van der Waals surface area contributed by atoms with Crippen LogP contribution >= 0.6 is 7.92 Å². The molecule has 4 rings (SSSR count). The molecule has 0 atom stereocenters. The van der Waals surface area contributed by atoms with E-state index in [9.17, 15) is 43.2 Å². The van der Waals surface area contributed by atoms with Gasteiger partial charge in [-0.3, -0.25) is 0 Å².